The molecule has 0 saturated heterocycles. The molecular weight excluding hydrogens is 1010 g/mol. The highest BCUT2D eigenvalue weighted by atomic mass is 16.5. The van der Waals surface area contributed by atoms with Gasteiger partial charge >= 0.3 is 5.97 Å². The SMILES string of the molecule is CCCCCC/C=C\C/C=C\CCCCCCCC(=O)OCCCCCCCCCCCCCC/C=C\CCCCCCCCCCCCC(=O)NC(CO)C(O)CCCCCCCCCCCCCCCCCCCCCCCCC. The van der Waals surface area contributed by atoms with Crippen LogP contribution in [0.15, 0.2) is 36.5 Å². The minimum Gasteiger partial charge on any atom is -0.466 e. The topological polar surface area (TPSA) is 95.9 Å². The summed E-state index contributed by atoms with van der Waals surface area (Å²) in [7, 11) is 0. The molecule has 0 aromatic heterocycles. The zero-order valence-electron chi connectivity index (χ0n) is 55.5. The number of aliphatic hydroxyl groups excluding tert-OH is 2. The molecule has 0 aromatic rings. The van der Waals surface area contributed by atoms with Crippen molar-refractivity contribution in [3.05, 3.63) is 36.5 Å². The number of esters is 1. The molecule has 0 aromatic carbocycles. The number of nitrogens with one attached hydrogen (secondary N) is 1. The van der Waals surface area contributed by atoms with Crippen LogP contribution in [0.25, 0.3) is 0 Å². The van der Waals surface area contributed by atoms with E-state index in [9.17, 15) is 19.8 Å². The molecule has 0 bridgehead atoms. The molecule has 0 aliphatic heterocycles. The van der Waals surface area contributed by atoms with E-state index >= 15 is 0 Å². The zero-order chi connectivity index (χ0) is 59.2. The summed E-state index contributed by atoms with van der Waals surface area (Å²) in [4.78, 5) is 24.6. The molecule has 0 radical (unpaired) electrons. The van der Waals surface area contributed by atoms with Crippen LogP contribution in [-0.2, 0) is 14.3 Å². The molecule has 2 atom stereocenters. The van der Waals surface area contributed by atoms with Gasteiger partial charge in [-0.25, -0.2) is 0 Å². The van der Waals surface area contributed by atoms with E-state index in [1.54, 1.807) is 0 Å². The van der Waals surface area contributed by atoms with Gasteiger partial charge in [-0.2, -0.15) is 0 Å². The Morgan fingerprint density at radius 3 is 0.951 bits per heavy atom. The number of rotatable bonds is 70. The fourth-order valence-electron chi connectivity index (χ4n) is 11.7. The van der Waals surface area contributed by atoms with Crippen LogP contribution in [0.2, 0.25) is 0 Å². The van der Waals surface area contributed by atoms with Gasteiger partial charge in [-0.05, 0) is 83.5 Å². The number of ether oxygens (including phenoxy) is 1. The fraction of sp³-hybridized carbons (Fsp3) is 0.895. The first kappa shape index (κ1) is 80.1. The van der Waals surface area contributed by atoms with Crippen LogP contribution in [0, 0.1) is 0 Å². The van der Waals surface area contributed by atoms with Crippen molar-refractivity contribution in [1.82, 2.24) is 5.32 Å². The zero-order valence-corrected chi connectivity index (χ0v) is 55.5. The Kier molecular flexibility index (Phi) is 69.9. The summed E-state index contributed by atoms with van der Waals surface area (Å²) in [5.41, 5.74) is 0. The van der Waals surface area contributed by atoms with E-state index in [4.69, 9.17) is 4.74 Å². The van der Waals surface area contributed by atoms with Crippen LogP contribution in [0.3, 0.4) is 0 Å². The van der Waals surface area contributed by atoms with E-state index in [1.807, 2.05) is 0 Å². The first-order valence-corrected chi connectivity index (χ1v) is 37.2. The van der Waals surface area contributed by atoms with Gasteiger partial charge in [0, 0.05) is 12.8 Å². The molecule has 2 unspecified atom stereocenters. The number of hydrogen-bond acceptors (Lipinski definition) is 5. The van der Waals surface area contributed by atoms with Crippen molar-refractivity contribution in [2.75, 3.05) is 13.2 Å². The van der Waals surface area contributed by atoms with E-state index in [-0.39, 0.29) is 18.5 Å². The number of carbonyl (C=O) groups excluding carboxylic acids is 2. The van der Waals surface area contributed by atoms with Gasteiger partial charge in [-0.1, -0.05) is 352 Å². The summed E-state index contributed by atoms with van der Waals surface area (Å²) < 4.78 is 5.49. The molecule has 0 spiro atoms. The lowest BCUT2D eigenvalue weighted by molar-refractivity contribution is -0.143. The molecular formula is C76H145NO5. The molecule has 0 aliphatic rings. The Balaban J connectivity index is 3.40. The van der Waals surface area contributed by atoms with Crippen molar-refractivity contribution >= 4 is 11.9 Å². The Bertz CT molecular complexity index is 1330. The Morgan fingerprint density at radius 2 is 0.610 bits per heavy atom. The monoisotopic (exact) mass is 1150 g/mol. The molecule has 0 aliphatic carbocycles. The number of amides is 1. The van der Waals surface area contributed by atoms with Gasteiger partial charge in [-0.3, -0.25) is 9.59 Å². The van der Waals surface area contributed by atoms with Crippen LogP contribution < -0.4 is 5.32 Å². The molecule has 3 N–H and O–H groups in total. The predicted octanol–water partition coefficient (Wildman–Crippen LogP) is 24.3. The first-order chi connectivity index (χ1) is 40.5. The minimum atomic E-state index is -0.667. The van der Waals surface area contributed by atoms with Crippen LogP contribution in [-0.4, -0.2) is 47.4 Å². The van der Waals surface area contributed by atoms with Crippen LogP contribution in [0.1, 0.15) is 412 Å². The third-order valence-electron chi connectivity index (χ3n) is 17.4. The lowest BCUT2D eigenvalue weighted by Crippen LogP contribution is -2.45. The average Bonchev–Trinajstić information content (AvgIpc) is 3.48. The predicted molar refractivity (Wildman–Crippen MR) is 361 cm³/mol. The van der Waals surface area contributed by atoms with E-state index in [1.165, 1.54) is 327 Å². The maximum absolute atomic E-state index is 12.6. The quantitative estimate of drug-likeness (QED) is 0.0320. The largest absolute Gasteiger partial charge is 0.466 e. The summed E-state index contributed by atoms with van der Waals surface area (Å²) in [6.45, 7) is 4.97. The lowest BCUT2D eigenvalue weighted by Gasteiger charge is -2.22. The highest BCUT2D eigenvalue weighted by Gasteiger charge is 2.20. The molecule has 0 heterocycles. The number of aliphatic hydroxyl groups is 2. The van der Waals surface area contributed by atoms with Crippen LogP contribution in [0.5, 0.6) is 0 Å². The number of allylic oxidation sites excluding steroid dienone is 6. The molecule has 82 heavy (non-hydrogen) atoms. The van der Waals surface area contributed by atoms with Crippen molar-refractivity contribution in [1.29, 1.82) is 0 Å². The minimum absolute atomic E-state index is 0.00157. The van der Waals surface area contributed by atoms with E-state index in [2.05, 4.69) is 55.6 Å². The standard InChI is InChI=1S/C76H145NO5/c1-3-5-7-9-11-13-15-17-19-21-22-23-28-31-34-37-40-44-48-52-56-60-64-68-74(79)73(72-78)77-75(80)69-65-61-57-53-49-45-41-38-35-32-29-26-24-25-27-30-33-36-39-43-47-51-55-59-63-67-71-82-76(81)70-66-62-58-54-50-46-42-20-18-16-14-12-10-8-6-4-2/h14,16,20,24,26,42,73-74,78-79H,3-13,15,17-19,21-23,25,27-41,43-72H2,1-2H3,(H,77,80)/b16-14-,26-24-,42-20-. The van der Waals surface area contributed by atoms with Gasteiger partial charge in [0.1, 0.15) is 0 Å². The van der Waals surface area contributed by atoms with Crippen LogP contribution in [0.4, 0.5) is 0 Å². The van der Waals surface area contributed by atoms with Crippen molar-refractivity contribution in [3.63, 3.8) is 0 Å². The summed E-state index contributed by atoms with van der Waals surface area (Å²) in [6.07, 6.45) is 92.0. The third-order valence-corrected chi connectivity index (χ3v) is 17.4. The van der Waals surface area contributed by atoms with Crippen molar-refractivity contribution in [3.8, 4) is 0 Å². The lowest BCUT2D eigenvalue weighted by atomic mass is 10.0. The first-order valence-electron chi connectivity index (χ1n) is 37.2. The van der Waals surface area contributed by atoms with Gasteiger partial charge in [0.2, 0.25) is 5.91 Å². The highest BCUT2D eigenvalue weighted by molar-refractivity contribution is 5.76. The van der Waals surface area contributed by atoms with Crippen LogP contribution >= 0.6 is 0 Å². The van der Waals surface area contributed by atoms with E-state index in [0.29, 0.717) is 25.9 Å². The van der Waals surface area contributed by atoms with Crippen molar-refractivity contribution in [2.24, 2.45) is 0 Å². The van der Waals surface area contributed by atoms with Crippen molar-refractivity contribution < 1.29 is 24.5 Å². The van der Waals surface area contributed by atoms with Gasteiger partial charge in [-0.15, -0.1) is 0 Å². The number of carbonyl (C=O) groups is 2. The second-order valence-electron chi connectivity index (χ2n) is 25.6. The molecule has 1 amide bonds. The van der Waals surface area contributed by atoms with Gasteiger partial charge < -0.3 is 20.3 Å². The Morgan fingerprint density at radius 1 is 0.341 bits per heavy atom. The summed E-state index contributed by atoms with van der Waals surface area (Å²) in [6, 6.07) is -0.545. The smallest absolute Gasteiger partial charge is 0.305 e. The maximum atomic E-state index is 12.6. The van der Waals surface area contributed by atoms with E-state index < -0.39 is 12.1 Å². The summed E-state index contributed by atoms with van der Waals surface area (Å²) >= 11 is 0. The van der Waals surface area contributed by atoms with Gasteiger partial charge in [0.05, 0.1) is 25.4 Å². The Hall–Kier alpha value is -1.92. The highest BCUT2D eigenvalue weighted by Crippen LogP contribution is 2.19. The van der Waals surface area contributed by atoms with E-state index in [0.717, 1.165) is 51.4 Å². The molecule has 6 nitrogen and oxygen atoms in total. The fourth-order valence-corrected chi connectivity index (χ4v) is 11.7. The Labute approximate surface area is 513 Å². The normalized spacial score (nSPS) is 12.7. The summed E-state index contributed by atoms with van der Waals surface area (Å²) in [5, 5.41) is 23.5. The molecule has 484 valence electrons. The second kappa shape index (κ2) is 71.6. The molecule has 6 heteroatoms. The number of unbranched alkanes of at least 4 members (excludes halogenated alkanes) is 53. The molecule has 0 saturated carbocycles. The maximum Gasteiger partial charge on any atom is 0.305 e. The third kappa shape index (κ3) is 67.2. The van der Waals surface area contributed by atoms with Gasteiger partial charge in [0.15, 0.2) is 0 Å². The second-order valence-corrected chi connectivity index (χ2v) is 25.6. The van der Waals surface area contributed by atoms with Gasteiger partial charge in [0.25, 0.3) is 0 Å². The number of hydrogen-bond donors (Lipinski definition) is 3. The molecule has 0 fully saturated rings. The molecule has 0 rings (SSSR count). The van der Waals surface area contributed by atoms with Crippen molar-refractivity contribution in [2.45, 2.75) is 424 Å². The average molecular weight is 1150 g/mol. The summed E-state index contributed by atoms with van der Waals surface area (Å²) in [5.74, 6) is -0.0308.